The molecule has 1 aliphatic carbocycles. The first-order chi connectivity index (χ1) is 14.6. The third kappa shape index (κ3) is 5.80. The SMILES string of the molecule is CCc1c2c(nn1CC(=O)N1CCC[C@H]1c1[c-]cccc1)[C@@H](CC)CCC2.COC.[Cr]. The van der Waals surface area contributed by atoms with Crippen LogP contribution in [0, 0.1) is 6.07 Å². The van der Waals surface area contributed by atoms with Crippen molar-refractivity contribution in [1.82, 2.24) is 14.7 Å². The first-order valence-electron chi connectivity index (χ1n) is 11.4. The summed E-state index contributed by atoms with van der Waals surface area (Å²) in [7, 11) is 3.25. The largest absolute Gasteiger partial charge is 0.388 e. The van der Waals surface area contributed by atoms with E-state index in [0.29, 0.717) is 12.5 Å². The molecule has 2 aliphatic rings. The second-order valence-corrected chi connectivity index (χ2v) is 8.29. The number of nitrogens with zero attached hydrogens (tertiary/aromatic N) is 3. The van der Waals surface area contributed by atoms with E-state index in [4.69, 9.17) is 5.10 Å². The Hall–Kier alpha value is -1.61. The summed E-state index contributed by atoms with van der Waals surface area (Å²) in [6.07, 6.45) is 7.77. The van der Waals surface area contributed by atoms with Crippen molar-refractivity contribution in [2.24, 2.45) is 0 Å². The molecule has 31 heavy (non-hydrogen) atoms. The normalized spacial score (nSPS) is 19.8. The average Bonchev–Trinajstić information content (AvgIpc) is 3.39. The van der Waals surface area contributed by atoms with Gasteiger partial charge in [-0.1, -0.05) is 13.8 Å². The van der Waals surface area contributed by atoms with Gasteiger partial charge in [0.05, 0.1) is 5.69 Å². The van der Waals surface area contributed by atoms with Gasteiger partial charge in [0.2, 0.25) is 5.91 Å². The van der Waals surface area contributed by atoms with Crippen LogP contribution < -0.4 is 0 Å². The minimum Gasteiger partial charge on any atom is -0.388 e. The third-order valence-corrected chi connectivity index (χ3v) is 6.34. The van der Waals surface area contributed by atoms with E-state index < -0.39 is 0 Å². The van der Waals surface area contributed by atoms with Gasteiger partial charge in [-0.15, -0.1) is 5.56 Å². The Bertz CT molecular complexity index is 822. The van der Waals surface area contributed by atoms with Crippen molar-refractivity contribution in [2.45, 2.75) is 77.3 Å². The number of benzene rings is 1. The van der Waals surface area contributed by atoms with Crippen LogP contribution in [0.3, 0.4) is 0 Å². The molecule has 0 radical (unpaired) electrons. The number of methoxy groups -OCH3 is 1. The summed E-state index contributed by atoms with van der Waals surface area (Å²) in [6.45, 7) is 5.65. The zero-order valence-electron chi connectivity index (χ0n) is 19.4. The minimum atomic E-state index is 0. The van der Waals surface area contributed by atoms with Gasteiger partial charge in [-0.2, -0.15) is 35.4 Å². The van der Waals surface area contributed by atoms with Crippen LogP contribution in [0.5, 0.6) is 0 Å². The van der Waals surface area contributed by atoms with Crippen molar-refractivity contribution in [1.29, 1.82) is 0 Å². The van der Waals surface area contributed by atoms with Gasteiger partial charge in [-0.25, -0.2) is 0 Å². The predicted molar refractivity (Wildman–Crippen MR) is 119 cm³/mol. The maximum Gasteiger partial charge on any atom is 0.244 e. The van der Waals surface area contributed by atoms with Crippen LogP contribution in [0.1, 0.15) is 80.4 Å². The molecule has 2 heterocycles. The fourth-order valence-electron chi connectivity index (χ4n) is 4.96. The molecule has 1 aliphatic heterocycles. The van der Waals surface area contributed by atoms with Crippen molar-refractivity contribution in [2.75, 3.05) is 20.8 Å². The number of carbonyl (C=O) groups excluding carboxylic acids is 1. The van der Waals surface area contributed by atoms with Gasteiger partial charge in [-0.05, 0) is 50.5 Å². The van der Waals surface area contributed by atoms with Gasteiger partial charge >= 0.3 is 0 Å². The topological polar surface area (TPSA) is 47.4 Å². The maximum atomic E-state index is 13.2. The second-order valence-electron chi connectivity index (χ2n) is 8.29. The van der Waals surface area contributed by atoms with Crippen molar-refractivity contribution < 1.29 is 26.9 Å². The smallest absolute Gasteiger partial charge is 0.244 e. The minimum absolute atomic E-state index is 0. The Labute approximate surface area is 198 Å². The van der Waals surface area contributed by atoms with Crippen LogP contribution in [0.4, 0.5) is 0 Å². The number of aromatic nitrogens is 2. The van der Waals surface area contributed by atoms with E-state index in [2.05, 4.69) is 30.7 Å². The average molecular weight is 463 g/mol. The molecule has 5 nitrogen and oxygen atoms in total. The first-order valence-corrected chi connectivity index (χ1v) is 11.4. The van der Waals surface area contributed by atoms with Gasteiger partial charge in [-0.3, -0.25) is 9.48 Å². The molecular weight excluding hydrogens is 426 g/mol. The van der Waals surface area contributed by atoms with E-state index in [1.165, 1.54) is 29.8 Å². The third-order valence-electron chi connectivity index (χ3n) is 6.34. The summed E-state index contributed by atoms with van der Waals surface area (Å²) < 4.78 is 6.27. The van der Waals surface area contributed by atoms with Crippen molar-refractivity contribution in [3.8, 4) is 0 Å². The van der Waals surface area contributed by atoms with E-state index in [1.807, 2.05) is 27.8 Å². The Morgan fingerprint density at radius 2 is 2.00 bits per heavy atom. The molecule has 0 N–H and O–H groups in total. The molecule has 0 spiro atoms. The molecule has 4 rings (SSSR count). The molecule has 2 atom stereocenters. The first kappa shape index (κ1) is 25.7. The summed E-state index contributed by atoms with van der Waals surface area (Å²) in [5, 5.41) is 4.94. The van der Waals surface area contributed by atoms with Gasteiger partial charge < -0.3 is 9.64 Å². The number of fused-ring (bicyclic) bond motifs is 1. The number of ether oxygens (including phenoxy) is 1. The van der Waals surface area contributed by atoms with Gasteiger partial charge in [0, 0.05) is 55.8 Å². The van der Waals surface area contributed by atoms with Crippen LogP contribution in [0.15, 0.2) is 24.3 Å². The monoisotopic (exact) mass is 462 g/mol. The van der Waals surface area contributed by atoms with Crippen LogP contribution in [0.2, 0.25) is 0 Å². The van der Waals surface area contributed by atoms with E-state index in [-0.39, 0.29) is 29.3 Å². The molecule has 6 heteroatoms. The second kappa shape index (κ2) is 12.4. The molecule has 0 saturated carbocycles. The molecule has 2 aromatic rings. The Kier molecular flexibility index (Phi) is 10.3. The van der Waals surface area contributed by atoms with Crippen molar-refractivity contribution in [3.63, 3.8) is 0 Å². The molecule has 0 unspecified atom stereocenters. The number of rotatable bonds is 5. The number of amides is 1. The zero-order valence-corrected chi connectivity index (χ0v) is 20.7. The van der Waals surface area contributed by atoms with E-state index in [9.17, 15) is 4.79 Å². The summed E-state index contributed by atoms with van der Waals surface area (Å²) in [4.78, 5) is 15.2. The van der Waals surface area contributed by atoms with Crippen LogP contribution >= 0.6 is 0 Å². The van der Waals surface area contributed by atoms with E-state index >= 15 is 0 Å². The molecule has 1 aromatic heterocycles. The van der Waals surface area contributed by atoms with Gasteiger partial charge in [0.25, 0.3) is 0 Å². The standard InChI is InChI=1S/C23H30N3O.C2H6O.Cr/c1-3-17-12-8-13-19-20(4-2)26(24-23(17)19)16-22(27)25-15-9-14-21(25)18-10-6-5-7-11-18;1-3-2;/h5-7,10,17,21H,3-4,8-9,12-16H2,1-2H3;1-2H3;/q-1;;/t17-,21-;;/m0../s1. The van der Waals surface area contributed by atoms with Crippen LogP contribution in [0.25, 0.3) is 0 Å². The summed E-state index contributed by atoms with van der Waals surface area (Å²) in [5.41, 5.74) is 5.10. The zero-order chi connectivity index (χ0) is 21.5. The fraction of sp³-hybridized carbons (Fsp3) is 0.600. The molecule has 1 amide bonds. The molecule has 1 saturated heterocycles. The molecule has 170 valence electrons. The quantitative estimate of drug-likeness (QED) is 0.605. The number of hydrogen-bond donors (Lipinski definition) is 0. The van der Waals surface area contributed by atoms with E-state index in [1.54, 1.807) is 14.2 Å². The molecular formula is C25H36CrN3O2-. The number of likely N-dealkylation sites (tertiary alicyclic amines) is 1. The maximum absolute atomic E-state index is 13.2. The molecule has 1 aromatic carbocycles. The summed E-state index contributed by atoms with van der Waals surface area (Å²) in [5.74, 6) is 0.756. The summed E-state index contributed by atoms with van der Waals surface area (Å²) in [6, 6.07) is 11.5. The van der Waals surface area contributed by atoms with Crippen LogP contribution in [-0.4, -0.2) is 41.4 Å². The fourth-order valence-corrected chi connectivity index (χ4v) is 4.96. The number of hydrogen-bond acceptors (Lipinski definition) is 3. The van der Waals surface area contributed by atoms with Gasteiger partial charge in [0.15, 0.2) is 0 Å². The van der Waals surface area contributed by atoms with Gasteiger partial charge in [0.1, 0.15) is 6.54 Å². The van der Waals surface area contributed by atoms with E-state index in [0.717, 1.165) is 44.2 Å². The van der Waals surface area contributed by atoms with Crippen LogP contribution in [-0.2, 0) is 46.3 Å². The Morgan fingerprint density at radius 1 is 1.23 bits per heavy atom. The molecule has 1 fully saturated rings. The number of carbonyl (C=O) groups is 1. The summed E-state index contributed by atoms with van der Waals surface area (Å²) >= 11 is 0. The Morgan fingerprint density at radius 3 is 2.65 bits per heavy atom. The Balaban J connectivity index is 0.000000808. The predicted octanol–water partition coefficient (Wildman–Crippen LogP) is 4.70. The molecule has 0 bridgehead atoms. The van der Waals surface area contributed by atoms with Crippen molar-refractivity contribution in [3.05, 3.63) is 52.8 Å². The van der Waals surface area contributed by atoms with Crippen molar-refractivity contribution >= 4 is 5.91 Å².